The van der Waals surface area contributed by atoms with E-state index in [2.05, 4.69) is 5.10 Å². The average Bonchev–Trinajstić information content (AvgIpc) is 2.31. The quantitative estimate of drug-likeness (QED) is 0.545. The van der Waals surface area contributed by atoms with Gasteiger partial charge in [-0.2, -0.15) is 5.10 Å². The fraction of sp³-hybridized carbons (Fsp3) is 0.143. The van der Waals surface area contributed by atoms with E-state index in [1.54, 1.807) is 30.2 Å². The van der Waals surface area contributed by atoms with Crippen LogP contribution in [0.3, 0.4) is 0 Å². The van der Waals surface area contributed by atoms with E-state index in [1.807, 2.05) is 0 Å². The lowest BCUT2D eigenvalue weighted by atomic mass is 10.3. The Morgan fingerprint density at radius 3 is 2.83 bits per heavy atom. The molecule has 0 radical (unpaired) electrons. The maximum atomic E-state index is 10.3. The van der Waals surface area contributed by atoms with Gasteiger partial charge < -0.3 is 0 Å². The molecule has 0 spiro atoms. The van der Waals surface area contributed by atoms with Crippen LogP contribution in [0.25, 0.3) is 6.08 Å². The van der Waals surface area contributed by atoms with Crippen molar-refractivity contribution in [2.24, 2.45) is 7.05 Å². The summed E-state index contributed by atoms with van der Waals surface area (Å²) in [4.78, 5) is 10.3. The monoisotopic (exact) mass is 206 g/mol. The lowest BCUT2D eigenvalue weighted by molar-refractivity contribution is -0.107. The van der Waals surface area contributed by atoms with Crippen molar-refractivity contribution in [1.82, 2.24) is 9.78 Å². The molecule has 1 aromatic heterocycles. The summed E-state index contributed by atoms with van der Waals surface area (Å²) in [6.45, 7) is 0. The fourth-order valence-electron chi connectivity index (χ4n) is 0.688. The smallest absolute Gasteiger partial charge is 0.245 e. The third kappa shape index (κ3) is 3.55. The second-order valence-corrected chi connectivity index (χ2v) is 2.46. The molecule has 0 saturated carbocycles. The van der Waals surface area contributed by atoms with Gasteiger partial charge in [0.05, 0.1) is 6.20 Å². The van der Waals surface area contributed by atoms with Gasteiger partial charge in [-0.1, -0.05) is 0 Å². The molecule has 1 heterocycles. The van der Waals surface area contributed by atoms with E-state index in [4.69, 9.17) is 11.6 Å². The number of allylic oxidation sites excluding steroid dienone is 1. The number of aryl methyl sites for hydroxylation is 1. The lowest BCUT2D eigenvalue weighted by Crippen LogP contribution is -1.83. The first-order valence-corrected chi connectivity index (χ1v) is 3.42. The van der Waals surface area contributed by atoms with Gasteiger partial charge in [0.25, 0.3) is 0 Å². The zero-order valence-corrected chi connectivity index (χ0v) is 7.97. The van der Waals surface area contributed by atoms with Gasteiger partial charge in [-0.25, -0.2) is 0 Å². The molecule has 0 N–H and O–H groups in total. The molecule has 3 nitrogen and oxygen atoms in total. The van der Waals surface area contributed by atoms with Crippen molar-refractivity contribution in [2.45, 2.75) is 0 Å². The van der Waals surface area contributed by atoms with Crippen LogP contribution in [0.1, 0.15) is 5.56 Å². The number of rotatable bonds is 2. The maximum Gasteiger partial charge on any atom is 0.245 e. The molecular weight excluding hydrogens is 199 g/mol. The first-order chi connectivity index (χ1) is 5.18. The molecule has 0 fully saturated rings. The molecule has 5 heteroatoms. The summed E-state index contributed by atoms with van der Waals surface area (Å²) in [5, 5.41) is 3.43. The molecule has 0 unspecified atom stereocenters. The van der Waals surface area contributed by atoms with E-state index < -0.39 is 5.24 Å². The molecule has 12 heavy (non-hydrogen) atoms. The third-order valence-corrected chi connectivity index (χ3v) is 1.26. The molecule has 66 valence electrons. The van der Waals surface area contributed by atoms with Gasteiger partial charge in [0.1, 0.15) is 0 Å². The SMILES string of the molecule is Cl.Cn1cc(C=CC(=O)Cl)cn1. The standard InChI is InChI=1S/C7H7ClN2O.ClH/c1-10-5-6(4-9-10)2-3-7(8)11;/h2-5H,1H3;1H. The van der Waals surface area contributed by atoms with Gasteiger partial charge in [-0.05, 0) is 23.8 Å². The molecular formula is C7H8Cl2N2O. The summed E-state index contributed by atoms with van der Waals surface area (Å²) in [6, 6.07) is 0. The summed E-state index contributed by atoms with van der Waals surface area (Å²) >= 11 is 5.08. The normalized spacial score (nSPS) is 9.83. The van der Waals surface area contributed by atoms with Crippen LogP contribution in [0.15, 0.2) is 18.5 Å². The highest BCUT2D eigenvalue weighted by atomic mass is 35.5. The molecule has 0 atom stereocenters. The van der Waals surface area contributed by atoms with Crippen LogP contribution in [0, 0.1) is 0 Å². The van der Waals surface area contributed by atoms with Gasteiger partial charge in [-0.15, -0.1) is 12.4 Å². The first kappa shape index (κ1) is 11.2. The highest BCUT2D eigenvalue weighted by Crippen LogP contribution is 1.99. The molecule has 0 amide bonds. The Morgan fingerprint density at radius 2 is 2.42 bits per heavy atom. The summed E-state index contributed by atoms with van der Waals surface area (Å²) in [5.74, 6) is 0. The van der Waals surface area contributed by atoms with Gasteiger partial charge in [0.15, 0.2) is 0 Å². The predicted molar refractivity (Wildman–Crippen MR) is 50.4 cm³/mol. The van der Waals surface area contributed by atoms with Crippen molar-refractivity contribution in [3.63, 3.8) is 0 Å². The van der Waals surface area contributed by atoms with Crippen molar-refractivity contribution >= 4 is 35.3 Å². The first-order valence-electron chi connectivity index (χ1n) is 3.04. The molecule has 0 aliphatic heterocycles. The molecule has 0 bridgehead atoms. The minimum Gasteiger partial charge on any atom is -0.276 e. The van der Waals surface area contributed by atoms with Gasteiger partial charge in [0.2, 0.25) is 5.24 Å². The number of carbonyl (C=O) groups excluding carboxylic acids is 1. The van der Waals surface area contributed by atoms with E-state index in [1.165, 1.54) is 6.08 Å². The summed E-state index contributed by atoms with van der Waals surface area (Å²) in [7, 11) is 1.81. The number of aromatic nitrogens is 2. The second-order valence-electron chi connectivity index (χ2n) is 2.08. The van der Waals surface area contributed by atoms with Crippen molar-refractivity contribution < 1.29 is 4.79 Å². The molecule has 1 aromatic rings. The zero-order valence-electron chi connectivity index (χ0n) is 6.40. The highest BCUT2D eigenvalue weighted by molar-refractivity contribution is 6.66. The van der Waals surface area contributed by atoms with E-state index in [0.717, 1.165) is 5.56 Å². The maximum absolute atomic E-state index is 10.3. The number of nitrogens with zero attached hydrogens (tertiary/aromatic N) is 2. The largest absolute Gasteiger partial charge is 0.276 e. The van der Waals surface area contributed by atoms with Crippen molar-refractivity contribution in [2.75, 3.05) is 0 Å². The topological polar surface area (TPSA) is 34.9 Å². The lowest BCUT2D eigenvalue weighted by Gasteiger charge is -1.80. The number of carbonyl (C=O) groups is 1. The van der Waals surface area contributed by atoms with Crippen molar-refractivity contribution in [1.29, 1.82) is 0 Å². The van der Waals surface area contributed by atoms with Gasteiger partial charge in [0, 0.05) is 18.8 Å². The minimum absolute atomic E-state index is 0. The molecule has 0 aliphatic carbocycles. The molecule has 0 aromatic carbocycles. The Hall–Kier alpha value is -0.800. The average molecular weight is 207 g/mol. The molecule has 0 saturated heterocycles. The summed E-state index contributed by atoms with van der Waals surface area (Å²) < 4.78 is 1.65. The third-order valence-electron chi connectivity index (χ3n) is 1.13. The van der Waals surface area contributed by atoms with E-state index in [9.17, 15) is 4.79 Å². The van der Waals surface area contributed by atoms with Gasteiger partial charge >= 0.3 is 0 Å². The minimum atomic E-state index is -0.478. The highest BCUT2D eigenvalue weighted by Gasteiger charge is 1.90. The number of halogens is 2. The molecule has 1 rings (SSSR count). The van der Waals surface area contributed by atoms with E-state index in [-0.39, 0.29) is 12.4 Å². The Balaban J connectivity index is 0.00000121. The second kappa shape index (κ2) is 4.95. The van der Waals surface area contributed by atoms with Crippen LogP contribution in [0.2, 0.25) is 0 Å². The fourth-order valence-corrected chi connectivity index (χ4v) is 0.751. The Kier molecular flexibility index (Phi) is 4.62. The number of hydrogen-bond donors (Lipinski definition) is 0. The van der Waals surface area contributed by atoms with Crippen LogP contribution in [0.5, 0.6) is 0 Å². The van der Waals surface area contributed by atoms with Crippen LogP contribution >= 0.6 is 24.0 Å². The Labute approximate surface area is 81.4 Å². The van der Waals surface area contributed by atoms with Gasteiger partial charge in [-0.3, -0.25) is 9.48 Å². The van der Waals surface area contributed by atoms with Crippen LogP contribution in [0.4, 0.5) is 0 Å². The van der Waals surface area contributed by atoms with Crippen LogP contribution < -0.4 is 0 Å². The Morgan fingerprint density at radius 1 is 1.75 bits per heavy atom. The zero-order chi connectivity index (χ0) is 8.27. The Bertz CT molecular complexity index is 293. The summed E-state index contributed by atoms with van der Waals surface area (Å²) in [6.07, 6.45) is 6.34. The van der Waals surface area contributed by atoms with E-state index in [0.29, 0.717) is 0 Å². The van der Waals surface area contributed by atoms with Crippen LogP contribution in [-0.2, 0) is 11.8 Å². The number of hydrogen-bond acceptors (Lipinski definition) is 2. The van der Waals surface area contributed by atoms with E-state index >= 15 is 0 Å². The van der Waals surface area contributed by atoms with Crippen LogP contribution in [-0.4, -0.2) is 15.0 Å². The molecule has 0 aliphatic rings. The summed E-state index contributed by atoms with van der Waals surface area (Å²) in [5.41, 5.74) is 0.863. The van der Waals surface area contributed by atoms with Crippen molar-refractivity contribution in [3.8, 4) is 0 Å². The predicted octanol–water partition coefficient (Wildman–Crippen LogP) is 1.62. The van der Waals surface area contributed by atoms with Crippen molar-refractivity contribution in [3.05, 3.63) is 24.0 Å².